The van der Waals surface area contributed by atoms with E-state index in [4.69, 9.17) is 0 Å². The van der Waals surface area contributed by atoms with Gasteiger partial charge in [0.15, 0.2) is 9.84 Å². The molecule has 6 rings (SSSR count). The molecule has 7 nitrogen and oxygen atoms in total. The first kappa shape index (κ1) is 51.2. The smallest absolute Gasteiger partial charge is 0.393 e. The van der Waals surface area contributed by atoms with Crippen LogP contribution in [0.25, 0.3) is 11.1 Å². The number of benzene rings is 2. The van der Waals surface area contributed by atoms with Crippen LogP contribution in [0.5, 0.6) is 0 Å². The molecule has 4 aliphatic rings. The van der Waals surface area contributed by atoms with Gasteiger partial charge in [0.05, 0.1) is 23.1 Å². The van der Waals surface area contributed by atoms with E-state index in [1.165, 1.54) is 113 Å². The van der Waals surface area contributed by atoms with E-state index in [9.17, 15) is 41.1 Å². The lowest BCUT2D eigenvalue weighted by molar-refractivity contribution is -0.161. The topological polar surface area (TPSA) is 119 Å². The number of sulfone groups is 1. The summed E-state index contributed by atoms with van der Waals surface area (Å²) in [5.41, 5.74) is 2.63. The van der Waals surface area contributed by atoms with Gasteiger partial charge in [0.2, 0.25) is 5.91 Å². The molecule has 12 heteroatoms. The van der Waals surface area contributed by atoms with Crippen molar-refractivity contribution in [2.45, 2.75) is 172 Å². The number of fused-ring (bicyclic) bond motifs is 1. The average molecular weight is 910 g/mol. The van der Waals surface area contributed by atoms with Crippen molar-refractivity contribution in [2.75, 3.05) is 6.26 Å². The van der Waals surface area contributed by atoms with Crippen LogP contribution in [0.1, 0.15) is 143 Å². The molecule has 352 valence electrons. The average Bonchev–Trinajstić information content (AvgIpc) is 3.89. The van der Waals surface area contributed by atoms with Gasteiger partial charge in [-0.1, -0.05) is 113 Å². The second kappa shape index (κ2) is 20.8. The largest absolute Gasteiger partial charge is 0.407 e. The summed E-state index contributed by atoms with van der Waals surface area (Å²) in [6.45, 7) is 16.4. The standard InChI is InChI=1S/C27H44O.C25H27F4N3O3S/c1-19(2)8-6-9-21(4)25-15-16-26-22(10-7-17-27(25,26)5)12-13-23-18-24(28)14-11-20(23)3;1-23(2,26)14-20(22(33)32-24(15-30)12-13-24)31-21(25(27,28)29)18-6-4-16(5-7-18)17-8-10-19(11-9-17)36(3,34)35/h12-13,19,21,24-26,28H,3,6-11,14-18H2,1-2,4-5H3;4-11,20-21,31H,12-14H2,1-3H3,(H,32,33)/b22-12+,23-13-;/t21-,24+,25-,26+,27-;20-,21-/m10/s1. The Balaban J connectivity index is 0.000000248. The number of halogens is 4. The molecule has 4 aliphatic carbocycles. The molecule has 0 aromatic heterocycles. The fourth-order valence-electron chi connectivity index (χ4n) is 10.4. The zero-order chi connectivity index (χ0) is 47.3. The Kier molecular flexibility index (Phi) is 16.6. The van der Waals surface area contributed by atoms with Crippen molar-refractivity contribution in [3.05, 3.63) is 89.5 Å². The van der Waals surface area contributed by atoms with Crippen LogP contribution < -0.4 is 10.6 Å². The van der Waals surface area contributed by atoms with Crippen LogP contribution in [0.15, 0.2) is 88.9 Å². The molecule has 0 aliphatic heterocycles. The van der Waals surface area contributed by atoms with Crippen LogP contribution in [0.3, 0.4) is 0 Å². The molecule has 0 bridgehead atoms. The molecule has 4 saturated carbocycles. The highest BCUT2D eigenvalue weighted by molar-refractivity contribution is 7.90. The van der Waals surface area contributed by atoms with E-state index in [0.29, 0.717) is 29.4 Å². The molecule has 0 spiro atoms. The molecule has 0 radical (unpaired) electrons. The fourth-order valence-corrected chi connectivity index (χ4v) is 11.1. The Morgan fingerprint density at radius 2 is 1.58 bits per heavy atom. The van der Waals surface area contributed by atoms with E-state index in [1.807, 2.05) is 6.07 Å². The number of aliphatic hydroxyl groups excluding tert-OH is 1. The van der Waals surface area contributed by atoms with Gasteiger partial charge in [-0.2, -0.15) is 18.4 Å². The third-order valence-electron chi connectivity index (χ3n) is 14.2. The van der Waals surface area contributed by atoms with Crippen LogP contribution in [-0.4, -0.2) is 55.2 Å². The van der Waals surface area contributed by atoms with E-state index in [0.717, 1.165) is 49.2 Å². The molecule has 2 aromatic carbocycles. The Morgan fingerprint density at radius 1 is 0.953 bits per heavy atom. The maximum atomic E-state index is 14.4. The number of carbonyl (C=O) groups is 1. The summed E-state index contributed by atoms with van der Waals surface area (Å²) in [6.07, 6.45) is 14.7. The first-order valence-corrected chi connectivity index (χ1v) is 25.1. The van der Waals surface area contributed by atoms with Gasteiger partial charge in [-0.15, -0.1) is 0 Å². The van der Waals surface area contributed by atoms with Crippen molar-refractivity contribution in [3.63, 3.8) is 0 Å². The molecule has 0 heterocycles. The van der Waals surface area contributed by atoms with Gasteiger partial charge in [0.1, 0.15) is 17.2 Å². The van der Waals surface area contributed by atoms with Crippen LogP contribution in [0, 0.1) is 40.4 Å². The Labute approximate surface area is 380 Å². The van der Waals surface area contributed by atoms with E-state index in [2.05, 4.69) is 57.1 Å². The number of nitriles is 1. The summed E-state index contributed by atoms with van der Waals surface area (Å²) in [5.74, 6) is 2.51. The Morgan fingerprint density at radius 3 is 2.12 bits per heavy atom. The predicted molar refractivity (Wildman–Crippen MR) is 247 cm³/mol. The van der Waals surface area contributed by atoms with Gasteiger partial charge in [-0.05, 0) is 142 Å². The highest BCUT2D eigenvalue weighted by Crippen LogP contribution is 2.60. The number of allylic oxidation sites excluding steroid dienone is 4. The molecule has 3 N–H and O–H groups in total. The molecular formula is C52H71F4N3O4S. The highest BCUT2D eigenvalue weighted by atomic mass is 32.2. The zero-order valence-electron chi connectivity index (χ0n) is 39.0. The molecule has 2 aromatic rings. The zero-order valence-corrected chi connectivity index (χ0v) is 39.8. The highest BCUT2D eigenvalue weighted by Gasteiger charge is 2.51. The van der Waals surface area contributed by atoms with Crippen LogP contribution in [0.2, 0.25) is 0 Å². The summed E-state index contributed by atoms with van der Waals surface area (Å²) in [5, 5.41) is 24.0. The molecule has 64 heavy (non-hydrogen) atoms. The normalized spacial score (nSPS) is 26.1. The quantitative estimate of drug-likeness (QED) is 0.153. The van der Waals surface area contributed by atoms with Crippen LogP contribution in [0.4, 0.5) is 17.6 Å². The van der Waals surface area contributed by atoms with Gasteiger partial charge in [-0.25, -0.2) is 12.8 Å². The summed E-state index contributed by atoms with van der Waals surface area (Å²) in [7, 11) is -3.39. The first-order valence-electron chi connectivity index (χ1n) is 23.3. The van der Waals surface area contributed by atoms with Gasteiger partial charge in [0, 0.05) is 12.7 Å². The second-order valence-corrected chi connectivity index (χ2v) is 22.6. The first-order chi connectivity index (χ1) is 29.8. The predicted octanol–water partition coefficient (Wildman–Crippen LogP) is 12.2. The number of rotatable bonds is 15. The van der Waals surface area contributed by atoms with Gasteiger partial charge < -0.3 is 10.4 Å². The molecule has 0 unspecified atom stereocenters. The number of carbonyl (C=O) groups excluding carboxylic acids is 1. The van der Waals surface area contributed by atoms with Crippen molar-refractivity contribution in [3.8, 4) is 17.2 Å². The van der Waals surface area contributed by atoms with Crippen molar-refractivity contribution in [1.82, 2.24) is 10.6 Å². The Bertz CT molecular complexity index is 2150. The van der Waals surface area contributed by atoms with Crippen molar-refractivity contribution >= 4 is 15.7 Å². The minimum absolute atomic E-state index is 0.119. The second-order valence-electron chi connectivity index (χ2n) is 20.5. The number of nitrogens with zero attached hydrogens (tertiary/aromatic N) is 1. The van der Waals surface area contributed by atoms with E-state index in [-0.39, 0.29) is 16.6 Å². The molecular weight excluding hydrogens is 839 g/mol. The van der Waals surface area contributed by atoms with Crippen molar-refractivity contribution in [1.29, 1.82) is 5.26 Å². The van der Waals surface area contributed by atoms with Gasteiger partial charge in [-0.3, -0.25) is 10.1 Å². The number of amides is 1. The maximum Gasteiger partial charge on any atom is 0.407 e. The monoisotopic (exact) mass is 910 g/mol. The maximum absolute atomic E-state index is 14.4. The van der Waals surface area contributed by atoms with Crippen molar-refractivity contribution in [2.24, 2.45) is 29.1 Å². The van der Waals surface area contributed by atoms with Gasteiger partial charge in [0.25, 0.3) is 0 Å². The number of hydrogen-bond donors (Lipinski definition) is 3. The molecule has 4 fully saturated rings. The Hall–Kier alpha value is -3.79. The molecule has 0 saturated heterocycles. The number of aliphatic hydroxyl groups is 1. The fraction of sp³-hybridized carbons (Fsp3) is 0.615. The summed E-state index contributed by atoms with van der Waals surface area (Å²) >= 11 is 0. The minimum Gasteiger partial charge on any atom is -0.393 e. The van der Waals surface area contributed by atoms with Crippen LogP contribution in [-0.2, 0) is 14.6 Å². The van der Waals surface area contributed by atoms with E-state index >= 15 is 0 Å². The van der Waals surface area contributed by atoms with E-state index in [1.54, 1.807) is 17.7 Å². The number of alkyl halides is 4. The lowest BCUT2D eigenvalue weighted by atomic mass is 9.60. The number of nitrogens with one attached hydrogen (secondary N) is 2. The summed E-state index contributed by atoms with van der Waals surface area (Å²) in [6, 6.07) is 9.47. The SMILES string of the molecule is C=C1CC[C@H](O)C/C1=C/C=C1\CCC[C@]2(C)[C@@H]([C@H](C)CCCC(C)C)CC[C@@H]12.CC(C)(F)C[C@H](N[C@@H](c1ccc(-c2ccc(S(C)(=O)=O)cc2)cc1)C(F)(F)F)C(=O)NC1(C#N)CC1. The lowest BCUT2D eigenvalue weighted by Gasteiger charge is -2.44. The van der Waals surface area contributed by atoms with Crippen molar-refractivity contribution < 1.29 is 35.9 Å². The lowest BCUT2D eigenvalue weighted by Crippen LogP contribution is -2.53. The molecule has 7 atom stereocenters. The third-order valence-corrected chi connectivity index (χ3v) is 15.4. The van der Waals surface area contributed by atoms with Crippen LogP contribution >= 0.6 is 0 Å². The number of hydrogen-bond acceptors (Lipinski definition) is 6. The minimum atomic E-state index is -4.80. The third kappa shape index (κ3) is 13.6. The van der Waals surface area contributed by atoms with Gasteiger partial charge >= 0.3 is 6.18 Å². The summed E-state index contributed by atoms with van der Waals surface area (Å²) in [4.78, 5) is 12.9. The molecule has 1 amide bonds. The summed E-state index contributed by atoms with van der Waals surface area (Å²) < 4.78 is 79.9. The van der Waals surface area contributed by atoms with E-state index < -0.39 is 51.6 Å².